The third-order valence-corrected chi connectivity index (χ3v) is 6.86. The molecule has 33 heavy (non-hydrogen) atoms. The quantitative estimate of drug-likeness (QED) is 0.546. The number of carbonyl (C=O) groups is 2. The SMILES string of the molecule is COc1ccc(CN(C(=O)C2CCCN(C(=O)c3cccc4ccccc34)C2)C2CC2)cc1. The molecule has 1 aliphatic heterocycles. The summed E-state index contributed by atoms with van der Waals surface area (Å²) in [7, 11) is 1.66. The van der Waals surface area contributed by atoms with Crippen molar-refractivity contribution in [3.8, 4) is 5.75 Å². The molecule has 5 heteroatoms. The van der Waals surface area contributed by atoms with E-state index in [4.69, 9.17) is 4.74 Å². The summed E-state index contributed by atoms with van der Waals surface area (Å²) in [4.78, 5) is 30.9. The van der Waals surface area contributed by atoms with Crippen LogP contribution < -0.4 is 4.74 Å². The van der Waals surface area contributed by atoms with Gasteiger partial charge in [-0.3, -0.25) is 9.59 Å². The van der Waals surface area contributed by atoms with Crippen LogP contribution in [0.15, 0.2) is 66.7 Å². The highest BCUT2D eigenvalue weighted by Gasteiger charge is 2.38. The lowest BCUT2D eigenvalue weighted by Crippen LogP contribution is -2.47. The van der Waals surface area contributed by atoms with Crippen LogP contribution in [-0.4, -0.2) is 47.9 Å². The molecule has 1 unspecified atom stereocenters. The van der Waals surface area contributed by atoms with Crippen LogP contribution in [0.4, 0.5) is 0 Å². The summed E-state index contributed by atoms with van der Waals surface area (Å²) in [6.07, 6.45) is 3.82. The summed E-state index contributed by atoms with van der Waals surface area (Å²) < 4.78 is 5.26. The molecule has 1 heterocycles. The zero-order valence-corrected chi connectivity index (χ0v) is 19.1. The van der Waals surface area contributed by atoms with Gasteiger partial charge >= 0.3 is 0 Å². The fraction of sp³-hybridized carbons (Fsp3) is 0.357. The minimum atomic E-state index is -0.142. The van der Waals surface area contributed by atoms with E-state index in [2.05, 4.69) is 0 Å². The number of hydrogen-bond acceptors (Lipinski definition) is 3. The van der Waals surface area contributed by atoms with Gasteiger partial charge in [0.05, 0.1) is 13.0 Å². The first-order chi connectivity index (χ1) is 16.1. The molecule has 1 atom stereocenters. The molecule has 0 N–H and O–H groups in total. The summed E-state index contributed by atoms with van der Waals surface area (Å²) in [6.45, 7) is 1.81. The molecular weight excluding hydrogens is 412 g/mol. The Bertz CT molecular complexity index is 1150. The van der Waals surface area contributed by atoms with Gasteiger partial charge in [-0.1, -0.05) is 48.5 Å². The fourth-order valence-electron chi connectivity index (χ4n) is 4.88. The number of nitrogens with zero attached hydrogens (tertiary/aromatic N) is 2. The molecule has 3 aromatic carbocycles. The molecule has 1 aliphatic carbocycles. The van der Waals surface area contributed by atoms with Crippen LogP contribution in [-0.2, 0) is 11.3 Å². The second-order valence-corrected chi connectivity index (χ2v) is 9.16. The predicted molar refractivity (Wildman–Crippen MR) is 129 cm³/mol. The van der Waals surface area contributed by atoms with Crippen molar-refractivity contribution in [2.75, 3.05) is 20.2 Å². The Kier molecular flexibility index (Phi) is 6.03. The third kappa shape index (κ3) is 4.58. The van der Waals surface area contributed by atoms with E-state index in [1.807, 2.05) is 76.5 Å². The Morgan fingerprint density at radius 2 is 1.73 bits per heavy atom. The summed E-state index contributed by atoms with van der Waals surface area (Å²) in [5, 5.41) is 2.03. The molecule has 170 valence electrons. The van der Waals surface area contributed by atoms with Gasteiger partial charge in [-0.2, -0.15) is 0 Å². The van der Waals surface area contributed by atoms with Crippen LogP contribution in [0.25, 0.3) is 10.8 Å². The zero-order valence-electron chi connectivity index (χ0n) is 19.1. The molecular formula is C28H30N2O3. The number of hydrogen-bond donors (Lipinski definition) is 0. The molecule has 5 nitrogen and oxygen atoms in total. The van der Waals surface area contributed by atoms with E-state index in [0.717, 1.165) is 53.3 Å². The maximum Gasteiger partial charge on any atom is 0.254 e. The van der Waals surface area contributed by atoms with Gasteiger partial charge in [-0.05, 0) is 60.2 Å². The van der Waals surface area contributed by atoms with Crippen molar-refractivity contribution in [2.24, 2.45) is 5.92 Å². The number of likely N-dealkylation sites (tertiary alicyclic amines) is 1. The number of piperidine rings is 1. The average Bonchev–Trinajstić information content (AvgIpc) is 3.72. The van der Waals surface area contributed by atoms with Crippen LogP contribution in [0.5, 0.6) is 5.75 Å². The van der Waals surface area contributed by atoms with Crippen LogP contribution >= 0.6 is 0 Å². The maximum atomic E-state index is 13.6. The lowest BCUT2D eigenvalue weighted by atomic mass is 9.94. The van der Waals surface area contributed by atoms with Crippen molar-refractivity contribution < 1.29 is 14.3 Å². The number of methoxy groups -OCH3 is 1. The van der Waals surface area contributed by atoms with E-state index in [0.29, 0.717) is 25.7 Å². The van der Waals surface area contributed by atoms with Crippen molar-refractivity contribution in [1.29, 1.82) is 0 Å². The van der Waals surface area contributed by atoms with Crippen molar-refractivity contribution in [2.45, 2.75) is 38.3 Å². The molecule has 2 aliphatic rings. The second-order valence-electron chi connectivity index (χ2n) is 9.16. The Balaban J connectivity index is 1.31. The highest BCUT2D eigenvalue weighted by Crippen LogP contribution is 2.32. The number of amides is 2. The van der Waals surface area contributed by atoms with Crippen molar-refractivity contribution in [1.82, 2.24) is 9.80 Å². The number of benzene rings is 3. The molecule has 2 amide bonds. The topological polar surface area (TPSA) is 49.9 Å². The van der Waals surface area contributed by atoms with E-state index in [1.54, 1.807) is 7.11 Å². The molecule has 2 fully saturated rings. The Labute approximate surface area is 194 Å². The third-order valence-electron chi connectivity index (χ3n) is 6.86. The van der Waals surface area contributed by atoms with Crippen LogP contribution in [0, 0.1) is 5.92 Å². The smallest absolute Gasteiger partial charge is 0.254 e. The van der Waals surface area contributed by atoms with Crippen molar-refractivity contribution in [3.05, 3.63) is 77.9 Å². The monoisotopic (exact) mass is 442 g/mol. The van der Waals surface area contributed by atoms with E-state index >= 15 is 0 Å². The number of fused-ring (bicyclic) bond motifs is 1. The Morgan fingerprint density at radius 3 is 2.48 bits per heavy atom. The molecule has 0 spiro atoms. The van der Waals surface area contributed by atoms with Crippen LogP contribution in [0.3, 0.4) is 0 Å². The second kappa shape index (κ2) is 9.26. The standard InChI is InChI=1S/C28H30N2O3/c1-33-24-15-11-20(12-16-24)18-30(23-13-14-23)27(31)22-8-5-17-29(19-22)28(32)26-10-4-7-21-6-2-3-9-25(21)26/h2-4,6-7,9-12,15-16,22-23H,5,8,13-14,17-19H2,1H3. The van der Waals surface area contributed by atoms with Gasteiger partial charge in [-0.25, -0.2) is 0 Å². The minimum Gasteiger partial charge on any atom is -0.497 e. The van der Waals surface area contributed by atoms with E-state index in [1.165, 1.54) is 0 Å². The molecule has 1 saturated carbocycles. The van der Waals surface area contributed by atoms with E-state index in [-0.39, 0.29) is 17.7 Å². The number of ether oxygens (including phenoxy) is 1. The van der Waals surface area contributed by atoms with Gasteiger partial charge in [0.15, 0.2) is 0 Å². The molecule has 0 aromatic heterocycles. The maximum absolute atomic E-state index is 13.6. The van der Waals surface area contributed by atoms with E-state index in [9.17, 15) is 9.59 Å². The molecule has 0 bridgehead atoms. The van der Waals surface area contributed by atoms with Gasteiger partial charge in [0.2, 0.25) is 5.91 Å². The summed E-state index contributed by atoms with van der Waals surface area (Å²) in [5.74, 6) is 0.885. The van der Waals surface area contributed by atoms with Gasteiger partial charge in [0.25, 0.3) is 5.91 Å². The lowest BCUT2D eigenvalue weighted by Gasteiger charge is -2.35. The largest absolute Gasteiger partial charge is 0.497 e. The first-order valence-corrected chi connectivity index (χ1v) is 11.8. The predicted octanol–water partition coefficient (Wildman–Crippen LogP) is 4.89. The molecule has 1 saturated heterocycles. The van der Waals surface area contributed by atoms with Gasteiger partial charge in [0.1, 0.15) is 5.75 Å². The Morgan fingerprint density at radius 1 is 0.970 bits per heavy atom. The Hall–Kier alpha value is -3.34. The lowest BCUT2D eigenvalue weighted by molar-refractivity contribution is -0.138. The summed E-state index contributed by atoms with van der Waals surface area (Å²) in [5.41, 5.74) is 1.83. The van der Waals surface area contributed by atoms with Crippen molar-refractivity contribution in [3.63, 3.8) is 0 Å². The molecule has 0 radical (unpaired) electrons. The normalized spacial score (nSPS) is 18.2. The van der Waals surface area contributed by atoms with Gasteiger partial charge in [-0.15, -0.1) is 0 Å². The van der Waals surface area contributed by atoms with Crippen LogP contribution in [0.2, 0.25) is 0 Å². The summed E-state index contributed by atoms with van der Waals surface area (Å²) in [6, 6.07) is 22.1. The molecule has 3 aromatic rings. The van der Waals surface area contributed by atoms with E-state index < -0.39 is 0 Å². The first kappa shape index (κ1) is 21.5. The zero-order chi connectivity index (χ0) is 22.8. The fourth-order valence-corrected chi connectivity index (χ4v) is 4.88. The van der Waals surface area contributed by atoms with Crippen molar-refractivity contribution >= 4 is 22.6 Å². The highest BCUT2D eigenvalue weighted by molar-refractivity contribution is 6.07. The van der Waals surface area contributed by atoms with Gasteiger partial charge in [0, 0.05) is 31.2 Å². The minimum absolute atomic E-state index is 0.0254. The summed E-state index contributed by atoms with van der Waals surface area (Å²) >= 11 is 0. The molecule has 5 rings (SSSR count). The average molecular weight is 443 g/mol. The first-order valence-electron chi connectivity index (χ1n) is 11.8. The number of rotatable bonds is 6. The highest BCUT2D eigenvalue weighted by atomic mass is 16.5. The van der Waals surface area contributed by atoms with Crippen LogP contribution in [0.1, 0.15) is 41.6 Å². The van der Waals surface area contributed by atoms with Gasteiger partial charge < -0.3 is 14.5 Å². The number of carbonyl (C=O) groups excluding carboxylic acids is 2.